The smallest absolute Gasteiger partial charge is 0.278 e. The lowest BCUT2D eigenvalue weighted by Gasteiger charge is -2.34. The van der Waals surface area contributed by atoms with Crippen LogP contribution in [-0.2, 0) is 13.6 Å². The van der Waals surface area contributed by atoms with Gasteiger partial charge in [0.05, 0.1) is 18.1 Å². The molecule has 1 aliphatic rings. The predicted octanol–water partition coefficient (Wildman–Crippen LogP) is 2.89. The molecule has 6 rings (SSSR count). The Morgan fingerprint density at radius 2 is 1.83 bits per heavy atom. The molecule has 212 valence electrons. The number of hydrogen-bond donors (Lipinski definition) is 1. The summed E-state index contributed by atoms with van der Waals surface area (Å²) >= 11 is 0. The number of benzene rings is 1. The van der Waals surface area contributed by atoms with Crippen LogP contribution in [-0.4, -0.2) is 71.8 Å². The maximum absolute atomic E-state index is 13.4. The molecule has 12 heteroatoms. The second-order valence-electron chi connectivity index (χ2n) is 10.8. The van der Waals surface area contributed by atoms with Crippen molar-refractivity contribution in [2.45, 2.75) is 26.4 Å². The van der Waals surface area contributed by atoms with Crippen LogP contribution in [0.15, 0.2) is 65.0 Å². The Morgan fingerprint density at radius 1 is 1.05 bits per heavy atom. The number of aryl methyl sites for hydroxylation is 1. The van der Waals surface area contributed by atoms with E-state index < -0.39 is 0 Å². The highest BCUT2D eigenvalue weighted by Crippen LogP contribution is 2.33. The van der Waals surface area contributed by atoms with Gasteiger partial charge >= 0.3 is 0 Å². The minimum absolute atomic E-state index is 0.155. The highest BCUT2D eigenvalue weighted by Gasteiger charge is 2.21. The fourth-order valence-corrected chi connectivity index (χ4v) is 5.37. The van der Waals surface area contributed by atoms with Crippen LogP contribution in [0.4, 0.5) is 17.3 Å². The normalized spacial score (nSPS) is 14.4. The van der Waals surface area contributed by atoms with Gasteiger partial charge in [-0.05, 0) is 45.2 Å². The van der Waals surface area contributed by atoms with E-state index in [9.17, 15) is 9.59 Å². The summed E-state index contributed by atoms with van der Waals surface area (Å²) < 4.78 is 6.61. The van der Waals surface area contributed by atoms with Crippen molar-refractivity contribution < 1.29 is 0 Å². The van der Waals surface area contributed by atoms with Gasteiger partial charge in [-0.1, -0.05) is 6.08 Å². The van der Waals surface area contributed by atoms with E-state index in [2.05, 4.69) is 67.8 Å². The molecule has 0 radical (unpaired) electrons. The summed E-state index contributed by atoms with van der Waals surface area (Å²) in [5.41, 5.74) is 3.00. The summed E-state index contributed by atoms with van der Waals surface area (Å²) in [6.45, 7) is 11.7. The average Bonchev–Trinajstić information content (AvgIpc) is 3.46. The molecule has 0 atom stereocenters. The first-order valence-electron chi connectivity index (χ1n) is 13.7. The summed E-state index contributed by atoms with van der Waals surface area (Å²) in [4.78, 5) is 39.8. The molecule has 1 aliphatic heterocycles. The van der Waals surface area contributed by atoms with Crippen molar-refractivity contribution >= 4 is 39.3 Å². The zero-order valence-corrected chi connectivity index (χ0v) is 23.8. The zero-order chi connectivity index (χ0) is 28.8. The van der Waals surface area contributed by atoms with Crippen LogP contribution in [0.3, 0.4) is 0 Å². The van der Waals surface area contributed by atoms with Gasteiger partial charge in [-0.2, -0.15) is 4.98 Å². The molecule has 12 nitrogen and oxygen atoms in total. The Morgan fingerprint density at radius 3 is 2.56 bits per heavy atom. The van der Waals surface area contributed by atoms with Crippen molar-refractivity contribution in [1.82, 2.24) is 38.6 Å². The second kappa shape index (κ2) is 10.4. The standard InChI is InChI=1S/C29H34N10O2/c1-6-10-37-28(41)22-18-30-29(32-27(22)39(37)25-7-8-26(40)38(33-25)19(2)3)31-20-16-23-21(9-11-35(23)5)24(17-20)36-14-12-34(4)13-15-36/h6-9,11,16-19H,1,10,12-15H2,2-5H3,(H,30,31,32). The average molecular weight is 555 g/mol. The van der Waals surface area contributed by atoms with Gasteiger partial charge in [-0.3, -0.25) is 9.59 Å². The van der Waals surface area contributed by atoms with E-state index in [0.717, 1.165) is 43.1 Å². The maximum atomic E-state index is 13.4. The zero-order valence-electron chi connectivity index (χ0n) is 23.8. The topological polar surface area (TPSA) is 111 Å². The Hall–Kier alpha value is -4.71. The summed E-state index contributed by atoms with van der Waals surface area (Å²) in [6, 6.07) is 9.26. The Kier molecular flexibility index (Phi) is 6.70. The van der Waals surface area contributed by atoms with Gasteiger partial charge in [0.15, 0.2) is 11.5 Å². The lowest BCUT2D eigenvalue weighted by atomic mass is 10.1. The number of nitrogens with one attached hydrogen (secondary N) is 1. The third kappa shape index (κ3) is 4.69. The molecular formula is C29H34N10O2. The quantitative estimate of drug-likeness (QED) is 0.306. The summed E-state index contributed by atoms with van der Waals surface area (Å²) in [6.07, 6.45) is 5.24. The molecule has 5 heterocycles. The van der Waals surface area contributed by atoms with E-state index in [1.54, 1.807) is 16.8 Å². The Bertz CT molecular complexity index is 1890. The van der Waals surface area contributed by atoms with E-state index in [1.807, 2.05) is 20.9 Å². The minimum Gasteiger partial charge on any atom is -0.368 e. The Labute approximate surface area is 236 Å². The van der Waals surface area contributed by atoms with Crippen LogP contribution < -0.4 is 21.3 Å². The first kappa shape index (κ1) is 26.5. The lowest BCUT2D eigenvalue weighted by molar-refractivity contribution is 0.313. The van der Waals surface area contributed by atoms with E-state index in [0.29, 0.717) is 22.8 Å². The van der Waals surface area contributed by atoms with Crippen LogP contribution >= 0.6 is 0 Å². The SMILES string of the molecule is C=CCn1c(=O)c2cnc(Nc3cc(N4CCN(C)CC4)c4ccn(C)c4c3)nc2n1-c1ccc(=O)n(C(C)C)n1. The van der Waals surface area contributed by atoms with Crippen molar-refractivity contribution in [2.24, 2.45) is 7.05 Å². The molecule has 0 saturated carbocycles. The van der Waals surface area contributed by atoms with E-state index in [1.165, 1.54) is 27.0 Å². The van der Waals surface area contributed by atoms with Gasteiger partial charge < -0.3 is 19.7 Å². The molecule has 1 saturated heterocycles. The number of allylic oxidation sites excluding steroid dienone is 1. The van der Waals surface area contributed by atoms with Crippen molar-refractivity contribution in [2.75, 3.05) is 43.4 Å². The fraction of sp³-hybridized carbons (Fsp3) is 0.345. The second-order valence-corrected chi connectivity index (χ2v) is 10.8. The number of piperazine rings is 1. The molecule has 41 heavy (non-hydrogen) atoms. The number of likely N-dealkylation sites (N-methyl/N-ethyl adjacent to an activating group) is 1. The molecule has 5 aromatic rings. The largest absolute Gasteiger partial charge is 0.368 e. The lowest BCUT2D eigenvalue weighted by Crippen LogP contribution is -2.44. The van der Waals surface area contributed by atoms with Crippen molar-refractivity contribution in [3.63, 3.8) is 0 Å². The summed E-state index contributed by atoms with van der Waals surface area (Å²) in [5.74, 6) is 0.747. The molecule has 1 N–H and O–H groups in total. The number of hydrogen-bond acceptors (Lipinski definition) is 8. The van der Waals surface area contributed by atoms with Crippen molar-refractivity contribution in [3.8, 4) is 5.82 Å². The van der Waals surface area contributed by atoms with Crippen molar-refractivity contribution in [3.05, 3.63) is 76.1 Å². The number of anilines is 3. The molecule has 1 fully saturated rings. The predicted molar refractivity (Wildman–Crippen MR) is 162 cm³/mol. The molecule has 1 aromatic carbocycles. The molecule has 4 aromatic heterocycles. The monoisotopic (exact) mass is 554 g/mol. The molecule has 0 spiro atoms. The molecule has 0 unspecified atom stereocenters. The van der Waals surface area contributed by atoms with E-state index in [-0.39, 0.29) is 23.7 Å². The van der Waals surface area contributed by atoms with Crippen LogP contribution in [0.2, 0.25) is 0 Å². The third-order valence-electron chi connectivity index (χ3n) is 7.58. The van der Waals surface area contributed by atoms with Crippen LogP contribution in [0.5, 0.6) is 0 Å². The van der Waals surface area contributed by atoms with Gasteiger partial charge in [0, 0.05) is 68.4 Å². The summed E-state index contributed by atoms with van der Waals surface area (Å²) in [5, 5.41) is 9.47. The van der Waals surface area contributed by atoms with E-state index in [4.69, 9.17) is 4.98 Å². The first-order valence-corrected chi connectivity index (χ1v) is 13.7. The highest BCUT2D eigenvalue weighted by atomic mass is 16.1. The Balaban J connectivity index is 1.46. The van der Waals surface area contributed by atoms with Gasteiger partial charge in [0.25, 0.3) is 11.1 Å². The number of rotatable bonds is 7. The number of aromatic nitrogens is 7. The maximum Gasteiger partial charge on any atom is 0.278 e. The van der Waals surface area contributed by atoms with Crippen LogP contribution in [0.1, 0.15) is 19.9 Å². The molecular weight excluding hydrogens is 520 g/mol. The third-order valence-corrected chi connectivity index (χ3v) is 7.58. The number of nitrogens with zero attached hydrogens (tertiary/aromatic N) is 9. The van der Waals surface area contributed by atoms with Gasteiger partial charge in [-0.15, -0.1) is 11.7 Å². The van der Waals surface area contributed by atoms with Gasteiger partial charge in [0.2, 0.25) is 5.95 Å². The molecule has 0 aliphatic carbocycles. The van der Waals surface area contributed by atoms with Gasteiger partial charge in [-0.25, -0.2) is 19.0 Å². The van der Waals surface area contributed by atoms with Crippen LogP contribution in [0, 0.1) is 0 Å². The van der Waals surface area contributed by atoms with Crippen LogP contribution in [0.25, 0.3) is 27.8 Å². The van der Waals surface area contributed by atoms with Gasteiger partial charge in [0.1, 0.15) is 5.39 Å². The minimum atomic E-state index is -0.266. The van der Waals surface area contributed by atoms with Crippen molar-refractivity contribution in [1.29, 1.82) is 0 Å². The highest BCUT2D eigenvalue weighted by molar-refractivity contribution is 5.96. The number of fused-ring (bicyclic) bond motifs is 2. The molecule has 0 amide bonds. The first-order chi connectivity index (χ1) is 19.7. The summed E-state index contributed by atoms with van der Waals surface area (Å²) in [7, 11) is 4.18. The fourth-order valence-electron chi connectivity index (χ4n) is 5.37. The van der Waals surface area contributed by atoms with E-state index >= 15 is 0 Å². The molecule has 0 bridgehead atoms.